The minimum atomic E-state index is -4.43. The number of hydrogen-bond acceptors (Lipinski definition) is 4. The summed E-state index contributed by atoms with van der Waals surface area (Å²) in [7, 11) is 1.32. The fraction of sp³-hybridized carbons (Fsp3) is 0.368. The first-order chi connectivity index (χ1) is 13.5. The first-order valence-electron chi connectivity index (χ1n) is 8.36. The van der Waals surface area contributed by atoms with Crippen LogP contribution >= 0.6 is 23.5 Å². The van der Waals surface area contributed by atoms with Crippen LogP contribution in [0.5, 0.6) is 5.75 Å². The van der Waals surface area contributed by atoms with E-state index in [4.69, 9.17) is 9.47 Å². The third-order valence-electron chi connectivity index (χ3n) is 3.51. The molecule has 2 rings (SSSR count). The van der Waals surface area contributed by atoms with Crippen molar-refractivity contribution in [2.24, 2.45) is 0 Å². The molecular formula is C19H17F6O2S2. The Morgan fingerprint density at radius 2 is 1.66 bits per heavy atom. The van der Waals surface area contributed by atoms with Crippen molar-refractivity contribution in [2.45, 2.75) is 46.9 Å². The maximum atomic E-state index is 12.6. The molecule has 2 nitrogen and oxygen atoms in total. The Kier molecular flexibility index (Phi) is 8.18. The van der Waals surface area contributed by atoms with Gasteiger partial charge in [0.1, 0.15) is 5.75 Å². The van der Waals surface area contributed by atoms with Gasteiger partial charge in [-0.25, -0.2) is 0 Å². The van der Waals surface area contributed by atoms with E-state index in [0.717, 1.165) is 6.07 Å². The molecule has 29 heavy (non-hydrogen) atoms. The van der Waals surface area contributed by atoms with E-state index in [1.54, 1.807) is 6.07 Å². The van der Waals surface area contributed by atoms with E-state index in [1.807, 2.05) is 6.92 Å². The summed E-state index contributed by atoms with van der Waals surface area (Å²) in [5.74, 6) is 0.194. The monoisotopic (exact) mass is 455 g/mol. The summed E-state index contributed by atoms with van der Waals surface area (Å²) in [4.78, 5) is -0.0545. The van der Waals surface area contributed by atoms with Crippen LogP contribution in [0.4, 0.5) is 26.3 Å². The van der Waals surface area contributed by atoms with Gasteiger partial charge in [-0.2, -0.15) is 26.3 Å². The second-order valence-corrected chi connectivity index (χ2v) is 8.07. The summed E-state index contributed by atoms with van der Waals surface area (Å²) < 4.78 is 86.7. The maximum Gasteiger partial charge on any atom is 0.446 e. The van der Waals surface area contributed by atoms with E-state index in [2.05, 4.69) is 6.07 Å². The van der Waals surface area contributed by atoms with Gasteiger partial charge in [0.15, 0.2) is 0 Å². The molecule has 0 heterocycles. The van der Waals surface area contributed by atoms with Crippen molar-refractivity contribution in [3.8, 4) is 5.75 Å². The highest BCUT2D eigenvalue weighted by Crippen LogP contribution is 2.40. The average Bonchev–Trinajstić information content (AvgIpc) is 2.59. The van der Waals surface area contributed by atoms with Gasteiger partial charge in [0.05, 0.1) is 0 Å². The lowest BCUT2D eigenvalue weighted by Crippen LogP contribution is -2.11. The van der Waals surface area contributed by atoms with Crippen LogP contribution in [-0.4, -0.2) is 18.1 Å². The second-order valence-electron chi connectivity index (χ2n) is 5.79. The standard InChI is InChI=1S/C19H17F6O2S2/c1-3-5-12-10-15(29-19(23,24)25)8-9-16(12)27-17(26-2)13-6-4-7-14(11-13)28-18(20,21)22/h4,6-8,10-11,17H,3,5H2,1-2H3. The number of halogens is 6. The Bertz CT molecular complexity index is 808. The molecule has 2 aromatic carbocycles. The van der Waals surface area contributed by atoms with Crippen LogP contribution in [-0.2, 0) is 11.2 Å². The molecule has 0 saturated carbocycles. The van der Waals surface area contributed by atoms with Crippen molar-refractivity contribution >= 4 is 23.5 Å². The molecule has 0 aliphatic rings. The highest BCUT2D eigenvalue weighted by atomic mass is 32.2. The average molecular weight is 455 g/mol. The zero-order valence-electron chi connectivity index (χ0n) is 15.4. The van der Waals surface area contributed by atoms with Crippen LogP contribution in [0.1, 0.15) is 30.8 Å². The molecule has 0 bridgehead atoms. The van der Waals surface area contributed by atoms with Crippen molar-refractivity contribution in [3.63, 3.8) is 0 Å². The predicted molar refractivity (Wildman–Crippen MR) is 99.9 cm³/mol. The van der Waals surface area contributed by atoms with Gasteiger partial charge >= 0.3 is 11.0 Å². The largest absolute Gasteiger partial charge is 0.460 e. The molecule has 2 aromatic rings. The van der Waals surface area contributed by atoms with E-state index < -0.39 is 17.3 Å². The minimum Gasteiger partial charge on any atom is -0.460 e. The molecule has 0 N–H and O–H groups in total. The Hall–Kier alpha value is -1.52. The van der Waals surface area contributed by atoms with E-state index in [-0.39, 0.29) is 39.1 Å². The Labute approximate surface area is 173 Å². The quantitative estimate of drug-likeness (QED) is 0.235. The van der Waals surface area contributed by atoms with Gasteiger partial charge in [0.25, 0.3) is 0 Å². The number of alkyl halides is 6. The first-order valence-corrected chi connectivity index (χ1v) is 9.99. The molecule has 0 aliphatic carbocycles. The van der Waals surface area contributed by atoms with Crippen LogP contribution in [0, 0.1) is 6.07 Å². The number of aryl methyl sites for hydroxylation is 1. The zero-order chi connectivity index (χ0) is 21.7. The minimum absolute atomic E-state index is 0.0224. The zero-order valence-corrected chi connectivity index (χ0v) is 17.0. The van der Waals surface area contributed by atoms with Crippen LogP contribution < -0.4 is 4.74 Å². The molecule has 1 atom stereocenters. The van der Waals surface area contributed by atoms with Gasteiger partial charge < -0.3 is 9.47 Å². The Morgan fingerprint density at radius 1 is 1.00 bits per heavy atom. The fourth-order valence-electron chi connectivity index (χ4n) is 2.48. The van der Waals surface area contributed by atoms with E-state index in [0.29, 0.717) is 24.0 Å². The second kappa shape index (κ2) is 9.99. The molecule has 159 valence electrons. The number of thioether (sulfide) groups is 2. The summed E-state index contributed by atoms with van der Waals surface area (Å²) in [6.45, 7) is 1.86. The molecule has 1 unspecified atom stereocenters. The predicted octanol–water partition coefficient (Wildman–Crippen LogP) is 7.39. The van der Waals surface area contributed by atoms with Crippen molar-refractivity contribution in [3.05, 3.63) is 53.6 Å². The summed E-state index contributed by atoms with van der Waals surface area (Å²) in [5, 5.41) is 0. The SMILES string of the molecule is CCCc1cc(SC(F)(F)F)c[c]c1OC(OC)c1cccc(SC(F)(F)F)c1. The highest BCUT2D eigenvalue weighted by Gasteiger charge is 2.30. The summed E-state index contributed by atoms with van der Waals surface area (Å²) >= 11 is -0.510. The molecule has 0 amide bonds. The molecule has 0 aliphatic heterocycles. The van der Waals surface area contributed by atoms with Crippen molar-refractivity contribution < 1.29 is 35.8 Å². The van der Waals surface area contributed by atoms with Gasteiger partial charge in [0.2, 0.25) is 6.29 Å². The van der Waals surface area contributed by atoms with Gasteiger partial charge in [-0.05, 0) is 59.8 Å². The highest BCUT2D eigenvalue weighted by molar-refractivity contribution is 8.00. The van der Waals surface area contributed by atoms with Gasteiger partial charge in [-0.15, -0.1) is 0 Å². The molecule has 0 fully saturated rings. The summed E-state index contributed by atoms with van der Waals surface area (Å²) in [6, 6.07) is 10.8. The third kappa shape index (κ3) is 8.02. The molecule has 0 aromatic heterocycles. The topological polar surface area (TPSA) is 18.5 Å². The van der Waals surface area contributed by atoms with Crippen LogP contribution in [0.3, 0.4) is 0 Å². The maximum absolute atomic E-state index is 12.6. The van der Waals surface area contributed by atoms with E-state index in [1.165, 1.54) is 31.4 Å². The number of methoxy groups -OCH3 is 1. The molecule has 10 heteroatoms. The number of hydrogen-bond donors (Lipinski definition) is 0. The van der Waals surface area contributed by atoms with Crippen LogP contribution in [0.25, 0.3) is 0 Å². The fourth-order valence-corrected chi connectivity index (χ4v) is 3.68. The van der Waals surface area contributed by atoms with Crippen molar-refractivity contribution in [2.75, 3.05) is 7.11 Å². The van der Waals surface area contributed by atoms with Gasteiger partial charge in [0, 0.05) is 28.5 Å². The molecule has 0 spiro atoms. The normalized spacial score (nSPS) is 13.4. The number of benzene rings is 2. The summed E-state index contributed by atoms with van der Waals surface area (Å²) in [6.07, 6.45) is 0.0508. The van der Waals surface area contributed by atoms with Crippen molar-refractivity contribution in [1.29, 1.82) is 0 Å². The van der Waals surface area contributed by atoms with Gasteiger partial charge in [-0.3, -0.25) is 0 Å². The van der Waals surface area contributed by atoms with Gasteiger partial charge in [-0.1, -0.05) is 25.5 Å². The lowest BCUT2D eigenvalue weighted by atomic mass is 10.1. The van der Waals surface area contributed by atoms with E-state index in [9.17, 15) is 26.3 Å². The number of ether oxygens (including phenoxy) is 2. The Balaban J connectivity index is 2.27. The Morgan fingerprint density at radius 3 is 2.24 bits per heavy atom. The van der Waals surface area contributed by atoms with Crippen LogP contribution in [0.2, 0.25) is 0 Å². The smallest absolute Gasteiger partial charge is 0.446 e. The lowest BCUT2D eigenvalue weighted by molar-refractivity contribution is -0.0571. The summed E-state index contributed by atoms with van der Waals surface area (Å²) in [5.41, 5.74) is -8.02. The van der Waals surface area contributed by atoms with E-state index >= 15 is 0 Å². The third-order valence-corrected chi connectivity index (χ3v) is 4.93. The van der Waals surface area contributed by atoms with Crippen molar-refractivity contribution in [1.82, 2.24) is 0 Å². The lowest BCUT2D eigenvalue weighted by Gasteiger charge is -2.21. The molecule has 1 radical (unpaired) electrons. The molecular weight excluding hydrogens is 438 g/mol. The van der Waals surface area contributed by atoms with Crippen LogP contribution in [0.15, 0.2) is 46.2 Å². The number of rotatable bonds is 8. The first kappa shape index (κ1) is 23.8. The molecule has 0 saturated heterocycles.